The normalized spacial score (nSPS) is 10.1. The molecule has 0 saturated carbocycles. The van der Waals surface area contributed by atoms with Crippen LogP contribution in [0.2, 0.25) is 0 Å². The first-order valence-corrected chi connectivity index (χ1v) is 6.66. The number of hydrogen-bond donors (Lipinski definition) is 2. The van der Waals surface area contributed by atoms with E-state index < -0.39 is 17.8 Å². The smallest absolute Gasteiger partial charge is 0.348 e. The van der Waals surface area contributed by atoms with Gasteiger partial charge in [-0.15, -0.1) is 11.3 Å². The fourth-order valence-corrected chi connectivity index (χ4v) is 2.63. The second-order valence-corrected chi connectivity index (χ2v) is 5.32. The molecule has 2 aromatic rings. The van der Waals surface area contributed by atoms with Crippen molar-refractivity contribution in [1.82, 2.24) is 0 Å². The first kappa shape index (κ1) is 14.7. The maximum absolute atomic E-state index is 11.2. The number of hydrogen-bond acceptors (Lipinski definition) is 5. The van der Waals surface area contributed by atoms with E-state index >= 15 is 0 Å². The predicted octanol–water partition coefficient (Wildman–Crippen LogP) is 1.11. The van der Waals surface area contributed by atoms with Crippen molar-refractivity contribution >= 4 is 34.9 Å². The Balaban J connectivity index is 2.41. The number of carboxylic acids is 2. The van der Waals surface area contributed by atoms with Crippen molar-refractivity contribution in [3.8, 4) is 10.4 Å². The SMILES string of the molecule is Cc1ccc(-c2cc(NC(=O)C(=O)[O-])c(C(=O)O)s2)cc1. The van der Waals surface area contributed by atoms with E-state index in [0.717, 1.165) is 22.5 Å². The van der Waals surface area contributed by atoms with Gasteiger partial charge < -0.3 is 20.3 Å². The number of carboxylic acid groups (broad SMARTS) is 2. The lowest BCUT2D eigenvalue weighted by Crippen LogP contribution is -2.36. The standard InChI is InChI=1S/C14H11NO5S/c1-7-2-4-8(5-3-7)10-6-9(11(21-10)13(17)18)15-12(16)14(19)20/h2-6H,1H3,(H,15,16)(H,17,18)(H,19,20)/p-1. The summed E-state index contributed by atoms with van der Waals surface area (Å²) in [6, 6.07) is 8.80. The number of aliphatic carboxylic acids is 1. The first-order chi connectivity index (χ1) is 9.88. The molecule has 1 aromatic heterocycles. The van der Waals surface area contributed by atoms with Crippen LogP contribution >= 0.6 is 11.3 Å². The van der Waals surface area contributed by atoms with E-state index in [1.54, 1.807) is 0 Å². The van der Waals surface area contributed by atoms with E-state index in [0.29, 0.717) is 4.88 Å². The number of benzene rings is 1. The number of aromatic carboxylic acids is 1. The van der Waals surface area contributed by atoms with Crippen molar-refractivity contribution in [1.29, 1.82) is 0 Å². The zero-order valence-electron chi connectivity index (χ0n) is 10.9. The number of anilines is 1. The molecule has 2 rings (SSSR count). The van der Waals surface area contributed by atoms with E-state index in [1.807, 2.05) is 36.5 Å². The molecule has 0 atom stereocenters. The summed E-state index contributed by atoms with van der Waals surface area (Å²) in [5.74, 6) is -4.55. The Labute approximate surface area is 123 Å². The molecule has 1 aromatic carbocycles. The molecule has 2 N–H and O–H groups in total. The highest BCUT2D eigenvalue weighted by Gasteiger charge is 2.18. The Morgan fingerprint density at radius 1 is 1.19 bits per heavy atom. The maximum atomic E-state index is 11.2. The van der Waals surface area contributed by atoms with Gasteiger partial charge in [0, 0.05) is 4.88 Å². The first-order valence-electron chi connectivity index (χ1n) is 5.85. The third-order valence-electron chi connectivity index (χ3n) is 2.70. The summed E-state index contributed by atoms with van der Waals surface area (Å²) in [5, 5.41) is 21.6. The highest BCUT2D eigenvalue weighted by atomic mass is 32.1. The number of amides is 1. The van der Waals surface area contributed by atoms with Crippen molar-refractivity contribution in [3.63, 3.8) is 0 Å². The molecule has 0 radical (unpaired) electrons. The molecule has 0 bridgehead atoms. The molecule has 0 aliphatic carbocycles. The lowest BCUT2D eigenvalue weighted by Gasteiger charge is -2.03. The van der Waals surface area contributed by atoms with Gasteiger partial charge in [-0.25, -0.2) is 4.79 Å². The summed E-state index contributed by atoms with van der Waals surface area (Å²) in [7, 11) is 0. The Morgan fingerprint density at radius 2 is 1.81 bits per heavy atom. The fourth-order valence-electron chi connectivity index (χ4n) is 1.68. The van der Waals surface area contributed by atoms with Crippen LogP contribution in [0.3, 0.4) is 0 Å². The Bertz CT molecular complexity index is 717. The molecule has 0 unspecified atom stereocenters. The topological polar surface area (TPSA) is 107 Å². The van der Waals surface area contributed by atoms with Gasteiger partial charge in [-0.1, -0.05) is 29.8 Å². The molecule has 1 amide bonds. The minimum Gasteiger partial charge on any atom is -0.540 e. The molecule has 21 heavy (non-hydrogen) atoms. The third-order valence-corrected chi connectivity index (χ3v) is 3.87. The van der Waals surface area contributed by atoms with Crippen molar-refractivity contribution in [2.45, 2.75) is 6.92 Å². The van der Waals surface area contributed by atoms with Crippen LogP contribution in [-0.2, 0) is 9.59 Å². The van der Waals surface area contributed by atoms with Crippen molar-refractivity contribution < 1.29 is 24.6 Å². The summed E-state index contributed by atoms with van der Waals surface area (Å²) < 4.78 is 0. The average molecular weight is 304 g/mol. The Kier molecular flexibility index (Phi) is 4.04. The molecule has 0 spiro atoms. The second kappa shape index (κ2) is 5.76. The van der Waals surface area contributed by atoms with E-state index in [2.05, 4.69) is 0 Å². The minimum absolute atomic E-state index is 0.0581. The molecular weight excluding hydrogens is 294 g/mol. The van der Waals surface area contributed by atoms with Crippen LogP contribution in [0.4, 0.5) is 5.69 Å². The molecule has 0 aliphatic rings. The van der Waals surface area contributed by atoms with Gasteiger partial charge in [-0.05, 0) is 18.6 Å². The molecule has 1 heterocycles. The third kappa shape index (κ3) is 3.26. The number of carbonyl (C=O) groups is 3. The Morgan fingerprint density at radius 3 is 2.33 bits per heavy atom. The van der Waals surface area contributed by atoms with Gasteiger partial charge in [-0.2, -0.15) is 0 Å². The van der Waals surface area contributed by atoms with Crippen molar-refractivity contribution in [3.05, 3.63) is 40.8 Å². The molecule has 7 heteroatoms. The van der Waals surface area contributed by atoms with Crippen LogP contribution in [0.1, 0.15) is 15.2 Å². The van der Waals surface area contributed by atoms with Crippen LogP contribution in [0.25, 0.3) is 10.4 Å². The van der Waals surface area contributed by atoms with Crippen molar-refractivity contribution in [2.75, 3.05) is 5.32 Å². The zero-order valence-corrected chi connectivity index (χ0v) is 11.7. The number of nitrogens with one attached hydrogen (secondary N) is 1. The zero-order chi connectivity index (χ0) is 15.6. The van der Waals surface area contributed by atoms with Crippen LogP contribution < -0.4 is 10.4 Å². The van der Waals surface area contributed by atoms with Crippen molar-refractivity contribution in [2.24, 2.45) is 0 Å². The van der Waals surface area contributed by atoms with E-state index in [1.165, 1.54) is 6.07 Å². The quantitative estimate of drug-likeness (QED) is 0.826. The van der Waals surface area contributed by atoms with E-state index in [-0.39, 0.29) is 10.6 Å². The van der Waals surface area contributed by atoms with Gasteiger partial charge in [0.05, 0.1) is 5.69 Å². The van der Waals surface area contributed by atoms with E-state index in [4.69, 9.17) is 5.11 Å². The molecule has 0 fully saturated rings. The molecule has 6 nitrogen and oxygen atoms in total. The van der Waals surface area contributed by atoms with Gasteiger partial charge in [-0.3, -0.25) is 4.79 Å². The van der Waals surface area contributed by atoms with Gasteiger partial charge in [0.15, 0.2) is 0 Å². The number of aryl methyl sites for hydroxylation is 1. The summed E-state index contributed by atoms with van der Waals surface area (Å²) in [4.78, 5) is 33.2. The van der Waals surface area contributed by atoms with Crippen LogP contribution in [0.5, 0.6) is 0 Å². The van der Waals surface area contributed by atoms with Gasteiger partial charge >= 0.3 is 5.97 Å². The summed E-state index contributed by atoms with van der Waals surface area (Å²) in [6.07, 6.45) is 0. The van der Waals surface area contributed by atoms with Crippen LogP contribution in [0, 0.1) is 6.92 Å². The molecular formula is C14H10NO5S-. The minimum atomic E-state index is -1.92. The largest absolute Gasteiger partial charge is 0.540 e. The molecule has 0 aliphatic heterocycles. The van der Waals surface area contributed by atoms with Gasteiger partial charge in [0.25, 0.3) is 5.91 Å². The number of rotatable bonds is 3. The average Bonchev–Trinajstić information content (AvgIpc) is 2.83. The van der Waals surface area contributed by atoms with Gasteiger partial charge in [0.2, 0.25) is 0 Å². The summed E-state index contributed by atoms with van der Waals surface area (Å²) in [5.41, 5.74) is 1.78. The maximum Gasteiger partial charge on any atom is 0.348 e. The summed E-state index contributed by atoms with van der Waals surface area (Å²) in [6.45, 7) is 1.92. The number of thiophene rings is 1. The second-order valence-electron chi connectivity index (χ2n) is 4.27. The fraction of sp³-hybridized carbons (Fsp3) is 0.0714. The van der Waals surface area contributed by atoms with Crippen LogP contribution in [0.15, 0.2) is 30.3 Å². The lowest BCUT2D eigenvalue weighted by molar-refractivity contribution is -0.299. The van der Waals surface area contributed by atoms with Crippen LogP contribution in [-0.4, -0.2) is 23.0 Å². The monoisotopic (exact) mass is 304 g/mol. The van der Waals surface area contributed by atoms with Gasteiger partial charge in [0.1, 0.15) is 10.8 Å². The predicted molar refractivity (Wildman–Crippen MR) is 75.1 cm³/mol. The highest BCUT2D eigenvalue weighted by molar-refractivity contribution is 7.18. The molecule has 108 valence electrons. The lowest BCUT2D eigenvalue weighted by atomic mass is 10.1. The number of carbonyl (C=O) groups excluding carboxylic acids is 2. The van der Waals surface area contributed by atoms with E-state index in [9.17, 15) is 19.5 Å². The highest BCUT2D eigenvalue weighted by Crippen LogP contribution is 2.35. The molecule has 0 saturated heterocycles. The summed E-state index contributed by atoms with van der Waals surface area (Å²) >= 11 is 0.953. The Hall–Kier alpha value is -2.67.